The van der Waals surface area contributed by atoms with Gasteiger partial charge in [0.15, 0.2) is 0 Å². The summed E-state index contributed by atoms with van der Waals surface area (Å²) in [5.41, 5.74) is -0.446. The van der Waals surface area contributed by atoms with E-state index in [9.17, 15) is 23.7 Å². The normalized spacial score (nSPS) is 11.0. The molecule has 0 aliphatic rings. The minimum Gasteiger partial charge on any atom is -0.360 e. The average molecular weight is 240 g/mol. The highest BCUT2D eigenvalue weighted by atomic mass is 19.3. The highest BCUT2D eigenvalue weighted by molar-refractivity contribution is 6.12. The van der Waals surface area contributed by atoms with E-state index < -0.39 is 17.1 Å². The number of nitro groups is 1. The first-order valence-corrected chi connectivity index (χ1v) is 4.59. The molecule has 0 amide bonds. The summed E-state index contributed by atoms with van der Waals surface area (Å²) >= 11 is 0. The van der Waals surface area contributed by atoms with E-state index in [-0.39, 0.29) is 22.2 Å². The van der Waals surface area contributed by atoms with Crippen LogP contribution < -0.4 is 0 Å². The topological polar surface area (TPSA) is 76.0 Å². The van der Waals surface area contributed by atoms with Crippen molar-refractivity contribution in [2.75, 3.05) is 0 Å². The van der Waals surface area contributed by atoms with Crippen molar-refractivity contribution in [3.8, 4) is 0 Å². The summed E-state index contributed by atoms with van der Waals surface area (Å²) in [7, 11) is 0. The van der Waals surface area contributed by atoms with Crippen LogP contribution in [0.4, 0.5) is 14.5 Å². The number of carbonyl (C=O) groups excluding carboxylic acids is 1. The van der Waals surface area contributed by atoms with Crippen LogP contribution in [0.1, 0.15) is 10.4 Å². The number of benzene rings is 1. The van der Waals surface area contributed by atoms with Crippen molar-refractivity contribution in [3.63, 3.8) is 0 Å². The highest BCUT2D eigenvalue weighted by Gasteiger charge is 2.25. The number of nitro benzene ring substituents is 1. The van der Waals surface area contributed by atoms with Crippen molar-refractivity contribution >= 4 is 22.4 Å². The Morgan fingerprint density at radius 1 is 1.41 bits per heavy atom. The van der Waals surface area contributed by atoms with Crippen molar-refractivity contribution in [2.24, 2.45) is 0 Å². The Bertz CT molecular complexity index is 607. The molecule has 0 aliphatic carbocycles. The maximum atomic E-state index is 12.3. The molecule has 0 atom stereocenters. The monoisotopic (exact) mass is 240 g/mol. The van der Waals surface area contributed by atoms with Crippen LogP contribution in [0.25, 0.3) is 10.9 Å². The number of alkyl halides is 2. The molecule has 0 radical (unpaired) electrons. The molecule has 0 saturated heterocycles. The van der Waals surface area contributed by atoms with E-state index in [4.69, 9.17) is 0 Å². The number of carbonyl (C=O) groups is 1. The molecule has 5 nitrogen and oxygen atoms in total. The number of hydrogen-bond acceptors (Lipinski definition) is 3. The molecule has 2 rings (SSSR count). The zero-order valence-corrected chi connectivity index (χ0v) is 8.31. The number of H-pyrrole nitrogens is 1. The van der Waals surface area contributed by atoms with Gasteiger partial charge in [0, 0.05) is 12.3 Å². The molecule has 0 saturated carbocycles. The lowest BCUT2D eigenvalue weighted by Crippen LogP contribution is -2.09. The molecule has 7 heteroatoms. The fourth-order valence-electron chi connectivity index (χ4n) is 1.63. The van der Waals surface area contributed by atoms with Crippen LogP contribution >= 0.6 is 0 Å². The molecular formula is C10H6F2N2O3. The predicted molar refractivity (Wildman–Crippen MR) is 55.3 cm³/mol. The van der Waals surface area contributed by atoms with Gasteiger partial charge in [-0.25, -0.2) is 8.78 Å². The quantitative estimate of drug-likeness (QED) is 0.508. The summed E-state index contributed by atoms with van der Waals surface area (Å²) in [5.74, 6) is -1.43. The van der Waals surface area contributed by atoms with E-state index >= 15 is 0 Å². The maximum absolute atomic E-state index is 12.3. The molecule has 88 valence electrons. The van der Waals surface area contributed by atoms with Gasteiger partial charge in [0.1, 0.15) is 0 Å². The van der Waals surface area contributed by atoms with Crippen LogP contribution in [0.5, 0.6) is 0 Å². The third kappa shape index (κ3) is 1.75. The molecule has 1 aromatic carbocycles. The number of nitrogens with zero attached hydrogens (tertiary/aromatic N) is 1. The Hall–Kier alpha value is -2.31. The van der Waals surface area contributed by atoms with E-state index in [1.165, 1.54) is 18.2 Å². The second-order valence-electron chi connectivity index (χ2n) is 3.32. The summed E-state index contributed by atoms with van der Waals surface area (Å²) in [6.07, 6.45) is -2.12. The van der Waals surface area contributed by atoms with Crippen molar-refractivity contribution in [2.45, 2.75) is 6.43 Å². The van der Waals surface area contributed by atoms with Crippen molar-refractivity contribution in [1.82, 2.24) is 4.98 Å². The number of fused-ring (bicyclic) bond motifs is 1. The van der Waals surface area contributed by atoms with Crippen LogP contribution in [-0.2, 0) is 0 Å². The van der Waals surface area contributed by atoms with Crippen molar-refractivity contribution in [1.29, 1.82) is 0 Å². The van der Waals surface area contributed by atoms with Gasteiger partial charge in [-0.1, -0.05) is 6.07 Å². The molecule has 0 fully saturated rings. The minimum atomic E-state index is -3.19. The number of ketones is 1. The molecule has 0 spiro atoms. The van der Waals surface area contributed by atoms with Crippen LogP contribution in [0.3, 0.4) is 0 Å². The van der Waals surface area contributed by atoms with Crippen molar-refractivity contribution in [3.05, 3.63) is 40.1 Å². The predicted octanol–water partition coefficient (Wildman–Crippen LogP) is 2.52. The highest BCUT2D eigenvalue weighted by Crippen LogP contribution is 2.29. The van der Waals surface area contributed by atoms with Gasteiger partial charge in [-0.15, -0.1) is 0 Å². The smallest absolute Gasteiger partial charge is 0.300 e. The first kappa shape index (κ1) is 11.2. The van der Waals surface area contributed by atoms with Crippen molar-refractivity contribution < 1.29 is 18.5 Å². The largest absolute Gasteiger partial charge is 0.360 e. The first-order chi connectivity index (χ1) is 8.02. The second kappa shape index (κ2) is 3.93. The SMILES string of the molecule is O=C(c1c[nH]c2cccc([N+](=O)[O-])c12)C(F)F. The van der Waals surface area contributed by atoms with Gasteiger partial charge in [0.2, 0.25) is 5.78 Å². The van der Waals surface area contributed by atoms with Crippen LogP contribution in [-0.4, -0.2) is 22.1 Å². The number of Topliss-reactive ketones (excluding diaryl/α,β-unsaturated/α-hetero) is 1. The molecule has 0 bridgehead atoms. The van der Waals surface area contributed by atoms with E-state index in [0.29, 0.717) is 0 Å². The van der Waals surface area contributed by atoms with Gasteiger partial charge in [-0.3, -0.25) is 14.9 Å². The fraction of sp³-hybridized carbons (Fsp3) is 0.100. The minimum absolute atomic E-state index is 0.0807. The van der Waals surface area contributed by atoms with Crippen LogP contribution in [0.2, 0.25) is 0 Å². The average Bonchev–Trinajstić information content (AvgIpc) is 2.70. The number of non-ortho nitro benzene ring substituents is 1. The Morgan fingerprint density at radius 3 is 2.71 bits per heavy atom. The standard InChI is InChI=1S/C10H6F2N2O3/c11-10(12)9(15)5-4-13-6-2-1-3-7(8(5)6)14(16)17/h1-4,10,13H. The summed E-state index contributed by atoms with van der Waals surface area (Å²) in [5, 5.41) is 10.7. The third-order valence-corrected chi connectivity index (χ3v) is 2.34. The number of halogens is 2. The molecule has 2 aromatic rings. The maximum Gasteiger partial charge on any atom is 0.300 e. The lowest BCUT2D eigenvalue weighted by Gasteiger charge is -1.98. The summed E-state index contributed by atoms with van der Waals surface area (Å²) < 4.78 is 24.6. The van der Waals surface area contributed by atoms with E-state index in [1.54, 1.807) is 0 Å². The summed E-state index contributed by atoms with van der Waals surface area (Å²) in [4.78, 5) is 23.8. The molecule has 17 heavy (non-hydrogen) atoms. The Kier molecular flexibility index (Phi) is 2.58. The Labute approximate surface area is 93.2 Å². The zero-order chi connectivity index (χ0) is 12.6. The lowest BCUT2D eigenvalue weighted by atomic mass is 10.1. The van der Waals surface area contributed by atoms with Gasteiger partial charge in [0.05, 0.1) is 21.4 Å². The third-order valence-electron chi connectivity index (χ3n) is 2.34. The molecule has 0 aliphatic heterocycles. The van der Waals surface area contributed by atoms with Gasteiger partial charge in [-0.2, -0.15) is 0 Å². The number of rotatable bonds is 3. The number of aromatic nitrogens is 1. The first-order valence-electron chi connectivity index (χ1n) is 4.59. The Balaban J connectivity index is 2.74. The zero-order valence-electron chi connectivity index (χ0n) is 8.31. The number of hydrogen-bond donors (Lipinski definition) is 1. The summed E-state index contributed by atoms with van der Waals surface area (Å²) in [6, 6.07) is 4.05. The van der Waals surface area contributed by atoms with Gasteiger partial charge in [0.25, 0.3) is 5.69 Å². The number of nitrogens with one attached hydrogen (secondary N) is 1. The second-order valence-corrected chi connectivity index (χ2v) is 3.32. The molecule has 1 N–H and O–H groups in total. The lowest BCUT2D eigenvalue weighted by molar-refractivity contribution is -0.383. The molecular weight excluding hydrogens is 234 g/mol. The molecule has 1 aromatic heterocycles. The molecule has 1 heterocycles. The van der Waals surface area contributed by atoms with E-state index in [0.717, 1.165) is 6.20 Å². The fourth-order valence-corrected chi connectivity index (χ4v) is 1.63. The van der Waals surface area contributed by atoms with E-state index in [2.05, 4.69) is 4.98 Å². The Morgan fingerprint density at radius 2 is 2.12 bits per heavy atom. The van der Waals surface area contributed by atoms with Crippen LogP contribution in [0, 0.1) is 10.1 Å². The van der Waals surface area contributed by atoms with Crippen LogP contribution in [0.15, 0.2) is 24.4 Å². The van der Waals surface area contributed by atoms with Gasteiger partial charge >= 0.3 is 6.43 Å². The number of aromatic amines is 1. The van der Waals surface area contributed by atoms with E-state index in [1.807, 2.05) is 0 Å². The molecule has 0 unspecified atom stereocenters. The summed E-state index contributed by atoms with van der Waals surface area (Å²) in [6.45, 7) is 0. The van der Waals surface area contributed by atoms with Gasteiger partial charge < -0.3 is 4.98 Å². The van der Waals surface area contributed by atoms with Gasteiger partial charge in [-0.05, 0) is 6.07 Å².